The number of imidazole rings is 1. The number of H-pyrrole nitrogens is 1. The quantitative estimate of drug-likeness (QED) is 0.655. The number of aromatic amines is 1. The fraction of sp³-hybridized carbons (Fsp3) is 0. The van der Waals surface area contributed by atoms with Crippen LogP contribution in [0.25, 0.3) is 22.3 Å². The minimum atomic E-state index is 0.425. The molecule has 0 atom stereocenters. The molecule has 0 aliphatic carbocycles. The Kier molecular flexibility index (Phi) is 1.72. The van der Waals surface area contributed by atoms with Gasteiger partial charge in [0.25, 0.3) is 0 Å². The molecule has 0 amide bonds. The lowest BCUT2D eigenvalue weighted by molar-refractivity contribution is 1.34. The average molecular weight is 216 g/mol. The normalized spacial score (nSPS) is 10.9. The Morgan fingerprint density at radius 1 is 1.33 bits per heavy atom. The van der Waals surface area contributed by atoms with Gasteiger partial charge in [-0.2, -0.15) is 11.3 Å². The highest BCUT2D eigenvalue weighted by Gasteiger charge is 2.08. The summed E-state index contributed by atoms with van der Waals surface area (Å²) in [7, 11) is 0. The summed E-state index contributed by atoms with van der Waals surface area (Å²) >= 11 is 1.64. The molecule has 15 heavy (non-hydrogen) atoms. The van der Waals surface area contributed by atoms with Crippen molar-refractivity contribution in [2.24, 2.45) is 0 Å². The van der Waals surface area contributed by atoms with E-state index < -0.39 is 0 Å². The lowest BCUT2D eigenvalue weighted by Crippen LogP contribution is -1.85. The van der Waals surface area contributed by atoms with Crippen LogP contribution in [0.3, 0.4) is 0 Å². The van der Waals surface area contributed by atoms with Crippen molar-refractivity contribution in [1.82, 2.24) is 15.0 Å². The highest BCUT2D eigenvalue weighted by atomic mass is 32.1. The first kappa shape index (κ1) is 8.43. The Morgan fingerprint density at radius 3 is 3.07 bits per heavy atom. The molecule has 3 aromatic heterocycles. The molecule has 3 rings (SSSR count). The van der Waals surface area contributed by atoms with Gasteiger partial charge < -0.3 is 10.7 Å². The van der Waals surface area contributed by atoms with Crippen molar-refractivity contribution < 1.29 is 0 Å². The van der Waals surface area contributed by atoms with Crippen LogP contribution in [0.4, 0.5) is 5.95 Å². The van der Waals surface area contributed by atoms with Crippen molar-refractivity contribution in [1.29, 1.82) is 0 Å². The zero-order chi connectivity index (χ0) is 10.3. The molecule has 0 unspecified atom stereocenters. The van der Waals surface area contributed by atoms with E-state index in [-0.39, 0.29) is 0 Å². The predicted octanol–water partition coefficient (Wildman–Crippen LogP) is 2.27. The van der Waals surface area contributed by atoms with Crippen molar-refractivity contribution in [3.63, 3.8) is 0 Å². The Morgan fingerprint density at radius 2 is 2.27 bits per heavy atom. The topological polar surface area (TPSA) is 67.6 Å². The van der Waals surface area contributed by atoms with Gasteiger partial charge >= 0.3 is 0 Å². The number of rotatable bonds is 1. The Hall–Kier alpha value is -1.88. The van der Waals surface area contributed by atoms with Gasteiger partial charge in [0.1, 0.15) is 5.52 Å². The number of aromatic nitrogens is 3. The van der Waals surface area contributed by atoms with Gasteiger partial charge in [-0.3, -0.25) is 4.98 Å². The number of thiophene rings is 1. The van der Waals surface area contributed by atoms with Gasteiger partial charge in [0.15, 0.2) is 5.95 Å². The molecule has 0 aromatic carbocycles. The molecule has 0 spiro atoms. The fourth-order valence-electron chi connectivity index (χ4n) is 1.56. The van der Waals surface area contributed by atoms with Gasteiger partial charge in [-0.25, -0.2) is 4.98 Å². The molecule has 0 saturated carbocycles. The maximum Gasteiger partial charge on any atom is 0.198 e. The van der Waals surface area contributed by atoms with Crippen LogP contribution < -0.4 is 5.73 Å². The standard InChI is InChI=1S/C10H8N4S/c11-10-13-7-1-3-12-8(9(7)14-10)6-2-4-15-5-6/h1-5H,(H3,11,13,14). The van der Waals surface area contributed by atoms with Gasteiger partial charge in [0.05, 0.1) is 11.2 Å². The SMILES string of the molecule is Nc1nc2c(-c3ccsc3)nccc2[nH]1. The summed E-state index contributed by atoms with van der Waals surface area (Å²) in [6.45, 7) is 0. The molecule has 3 heterocycles. The van der Waals surface area contributed by atoms with E-state index in [1.54, 1.807) is 17.5 Å². The largest absolute Gasteiger partial charge is 0.369 e. The molecule has 0 bridgehead atoms. The molecule has 3 aromatic rings. The molecule has 3 N–H and O–H groups in total. The van der Waals surface area contributed by atoms with Crippen LogP contribution in [0.5, 0.6) is 0 Å². The molecule has 0 aliphatic heterocycles. The molecule has 5 heteroatoms. The minimum Gasteiger partial charge on any atom is -0.369 e. The monoisotopic (exact) mass is 216 g/mol. The summed E-state index contributed by atoms with van der Waals surface area (Å²) < 4.78 is 0. The summed E-state index contributed by atoms with van der Waals surface area (Å²) in [5.74, 6) is 0.425. The van der Waals surface area contributed by atoms with Crippen LogP contribution in [-0.2, 0) is 0 Å². The summed E-state index contributed by atoms with van der Waals surface area (Å²) in [6, 6.07) is 3.89. The van der Waals surface area contributed by atoms with Crippen molar-refractivity contribution in [2.75, 3.05) is 5.73 Å². The third-order valence-corrected chi connectivity index (χ3v) is 2.90. The van der Waals surface area contributed by atoms with Gasteiger partial charge in [-0.1, -0.05) is 0 Å². The third-order valence-electron chi connectivity index (χ3n) is 2.21. The van der Waals surface area contributed by atoms with Gasteiger partial charge in [0, 0.05) is 17.1 Å². The summed E-state index contributed by atoms with van der Waals surface area (Å²) in [6.07, 6.45) is 1.76. The van der Waals surface area contributed by atoms with E-state index in [0.29, 0.717) is 5.95 Å². The highest BCUT2D eigenvalue weighted by Crippen LogP contribution is 2.26. The van der Waals surface area contributed by atoms with Crippen molar-refractivity contribution in [3.05, 3.63) is 29.1 Å². The number of nitrogens with zero attached hydrogens (tertiary/aromatic N) is 2. The molecule has 0 fully saturated rings. The highest BCUT2D eigenvalue weighted by molar-refractivity contribution is 7.08. The molecule has 0 radical (unpaired) electrons. The average Bonchev–Trinajstić information content (AvgIpc) is 2.82. The van der Waals surface area contributed by atoms with E-state index >= 15 is 0 Å². The van der Waals surface area contributed by atoms with Crippen molar-refractivity contribution in [3.8, 4) is 11.3 Å². The van der Waals surface area contributed by atoms with Gasteiger partial charge in [0.2, 0.25) is 0 Å². The molecule has 4 nitrogen and oxygen atoms in total. The summed E-state index contributed by atoms with van der Waals surface area (Å²) in [4.78, 5) is 11.6. The number of anilines is 1. The smallest absolute Gasteiger partial charge is 0.198 e. The summed E-state index contributed by atoms with van der Waals surface area (Å²) in [5.41, 5.74) is 9.33. The number of hydrogen-bond donors (Lipinski definition) is 2. The van der Waals surface area contributed by atoms with Gasteiger partial charge in [-0.15, -0.1) is 0 Å². The first-order valence-electron chi connectivity index (χ1n) is 4.47. The first-order chi connectivity index (χ1) is 7.34. The maximum atomic E-state index is 5.62. The van der Waals surface area contributed by atoms with E-state index in [1.165, 1.54) is 0 Å². The van der Waals surface area contributed by atoms with Crippen LogP contribution in [0, 0.1) is 0 Å². The molecular formula is C10H8N4S. The fourth-order valence-corrected chi connectivity index (χ4v) is 2.21. The molecule has 0 saturated heterocycles. The number of nitrogens with two attached hydrogens (primary N) is 1. The summed E-state index contributed by atoms with van der Waals surface area (Å²) in [5, 5.41) is 4.07. The lowest BCUT2D eigenvalue weighted by Gasteiger charge is -1.96. The number of hydrogen-bond acceptors (Lipinski definition) is 4. The van der Waals surface area contributed by atoms with Crippen LogP contribution in [0.2, 0.25) is 0 Å². The van der Waals surface area contributed by atoms with E-state index in [9.17, 15) is 0 Å². The number of nitrogens with one attached hydrogen (secondary N) is 1. The van der Waals surface area contributed by atoms with Crippen LogP contribution >= 0.6 is 11.3 Å². The number of fused-ring (bicyclic) bond motifs is 1. The van der Waals surface area contributed by atoms with E-state index in [1.807, 2.05) is 22.9 Å². The maximum absolute atomic E-state index is 5.62. The van der Waals surface area contributed by atoms with E-state index in [0.717, 1.165) is 22.3 Å². The third kappa shape index (κ3) is 1.28. The predicted molar refractivity (Wildman–Crippen MR) is 61.6 cm³/mol. The zero-order valence-corrected chi connectivity index (χ0v) is 8.58. The molecule has 0 aliphatic rings. The minimum absolute atomic E-state index is 0.425. The molecule has 74 valence electrons. The second-order valence-electron chi connectivity index (χ2n) is 3.19. The van der Waals surface area contributed by atoms with Crippen LogP contribution in [0.1, 0.15) is 0 Å². The second kappa shape index (κ2) is 3.06. The van der Waals surface area contributed by atoms with Crippen LogP contribution in [-0.4, -0.2) is 15.0 Å². The van der Waals surface area contributed by atoms with E-state index in [4.69, 9.17) is 5.73 Å². The van der Waals surface area contributed by atoms with Gasteiger partial charge in [-0.05, 0) is 17.5 Å². The van der Waals surface area contributed by atoms with Crippen LogP contribution in [0.15, 0.2) is 29.1 Å². The van der Waals surface area contributed by atoms with Crippen molar-refractivity contribution >= 4 is 28.3 Å². The lowest BCUT2D eigenvalue weighted by atomic mass is 10.2. The Bertz CT molecular complexity index is 597. The van der Waals surface area contributed by atoms with Crippen molar-refractivity contribution in [2.45, 2.75) is 0 Å². The van der Waals surface area contributed by atoms with E-state index in [2.05, 4.69) is 15.0 Å². The number of pyridine rings is 1. The number of nitrogen functional groups attached to an aromatic ring is 1. The first-order valence-corrected chi connectivity index (χ1v) is 5.41. The Labute approximate surface area is 89.8 Å². The molecular weight excluding hydrogens is 208 g/mol. The zero-order valence-electron chi connectivity index (χ0n) is 7.77. The second-order valence-corrected chi connectivity index (χ2v) is 3.97. The Balaban J connectivity index is 2.35.